The molecule has 2 aromatic rings. The maximum Gasteiger partial charge on any atom is 0.336 e. The van der Waals surface area contributed by atoms with Gasteiger partial charge in [-0.1, -0.05) is 19.3 Å². The number of hydrogen-bond acceptors (Lipinski definition) is 2. The SMILES string of the molecule is COc1ccc(C(=O)O)c2c3c(n(CC4CCCCC4)c12)CCCC3. The van der Waals surface area contributed by atoms with E-state index in [9.17, 15) is 9.90 Å². The van der Waals surface area contributed by atoms with Crippen LogP contribution in [0, 0.1) is 5.92 Å². The zero-order valence-corrected chi connectivity index (χ0v) is 15.0. The summed E-state index contributed by atoms with van der Waals surface area (Å²) >= 11 is 0. The second-order valence-electron chi connectivity index (χ2n) is 7.59. The molecule has 0 saturated heterocycles. The Morgan fingerprint density at radius 3 is 2.64 bits per heavy atom. The lowest BCUT2D eigenvalue weighted by molar-refractivity contribution is 0.0699. The van der Waals surface area contributed by atoms with Gasteiger partial charge in [0.1, 0.15) is 5.75 Å². The van der Waals surface area contributed by atoms with Gasteiger partial charge in [-0.3, -0.25) is 0 Å². The summed E-state index contributed by atoms with van der Waals surface area (Å²) in [5, 5.41) is 10.7. The first-order valence-electron chi connectivity index (χ1n) is 9.65. The molecule has 4 nitrogen and oxygen atoms in total. The summed E-state index contributed by atoms with van der Waals surface area (Å²) in [6.07, 6.45) is 11.0. The van der Waals surface area contributed by atoms with Crippen molar-refractivity contribution in [3.8, 4) is 5.75 Å². The maximum atomic E-state index is 11.8. The molecule has 2 aliphatic carbocycles. The highest BCUT2D eigenvalue weighted by Crippen LogP contribution is 2.40. The first-order chi connectivity index (χ1) is 12.2. The molecule has 4 heteroatoms. The number of fused-ring (bicyclic) bond motifs is 3. The van der Waals surface area contributed by atoms with Crippen LogP contribution in [0.25, 0.3) is 10.9 Å². The van der Waals surface area contributed by atoms with Crippen LogP contribution in [0.1, 0.15) is 66.6 Å². The van der Waals surface area contributed by atoms with Crippen molar-refractivity contribution in [2.75, 3.05) is 7.11 Å². The van der Waals surface area contributed by atoms with Crippen molar-refractivity contribution in [1.29, 1.82) is 0 Å². The van der Waals surface area contributed by atoms with Crippen molar-refractivity contribution in [3.63, 3.8) is 0 Å². The Hall–Kier alpha value is -1.97. The molecule has 2 aliphatic rings. The summed E-state index contributed by atoms with van der Waals surface area (Å²) in [7, 11) is 1.69. The molecule has 1 aromatic carbocycles. The highest BCUT2D eigenvalue weighted by atomic mass is 16.5. The number of aromatic nitrogens is 1. The van der Waals surface area contributed by atoms with Crippen LogP contribution in [0.3, 0.4) is 0 Å². The summed E-state index contributed by atoms with van der Waals surface area (Å²) in [6.45, 7) is 1.01. The van der Waals surface area contributed by atoms with Crippen LogP contribution >= 0.6 is 0 Å². The Kier molecular flexibility index (Phi) is 4.45. The van der Waals surface area contributed by atoms with Crippen molar-refractivity contribution in [1.82, 2.24) is 4.57 Å². The minimum Gasteiger partial charge on any atom is -0.495 e. The number of carboxylic acids is 1. The Morgan fingerprint density at radius 2 is 1.92 bits per heavy atom. The number of hydrogen-bond donors (Lipinski definition) is 1. The van der Waals surface area contributed by atoms with Gasteiger partial charge in [0.25, 0.3) is 0 Å². The van der Waals surface area contributed by atoms with Crippen molar-refractivity contribution in [3.05, 3.63) is 29.0 Å². The fourth-order valence-corrected chi connectivity index (χ4v) is 4.91. The van der Waals surface area contributed by atoms with Gasteiger partial charge in [0.2, 0.25) is 0 Å². The van der Waals surface area contributed by atoms with E-state index in [0.717, 1.165) is 42.5 Å². The number of aryl methyl sites for hydroxylation is 1. The number of nitrogens with zero attached hydrogens (tertiary/aromatic N) is 1. The Labute approximate surface area is 148 Å². The van der Waals surface area contributed by atoms with E-state index in [1.165, 1.54) is 49.8 Å². The highest BCUT2D eigenvalue weighted by Gasteiger charge is 2.27. The van der Waals surface area contributed by atoms with E-state index < -0.39 is 5.97 Å². The fourth-order valence-electron chi connectivity index (χ4n) is 4.91. The molecule has 0 unspecified atom stereocenters. The van der Waals surface area contributed by atoms with E-state index in [0.29, 0.717) is 11.5 Å². The largest absolute Gasteiger partial charge is 0.495 e. The molecule has 0 spiro atoms. The summed E-state index contributed by atoms with van der Waals surface area (Å²) in [4.78, 5) is 11.8. The lowest BCUT2D eigenvalue weighted by Gasteiger charge is -2.25. The summed E-state index contributed by atoms with van der Waals surface area (Å²) in [6, 6.07) is 3.54. The van der Waals surface area contributed by atoms with E-state index in [1.807, 2.05) is 6.07 Å². The van der Waals surface area contributed by atoms with Crippen LogP contribution in [-0.2, 0) is 19.4 Å². The molecule has 1 fully saturated rings. The normalized spacial score (nSPS) is 18.3. The summed E-state index contributed by atoms with van der Waals surface area (Å²) in [5.74, 6) is 0.676. The molecule has 134 valence electrons. The number of carboxylic acid groups (broad SMARTS) is 1. The number of benzene rings is 1. The minimum absolute atomic E-state index is 0.427. The molecule has 25 heavy (non-hydrogen) atoms. The van der Waals surface area contributed by atoms with Gasteiger partial charge in [0.05, 0.1) is 18.2 Å². The van der Waals surface area contributed by atoms with E-state index in [1.54, 1.807) is 13.2 Å². The first-order valence-corrected chi connectivity index (χ1v) is 9.65. The molecule has 0 aliphatic heterocycles. The highest BCUT2D eigenvalue weighted by molar-refractivity contribution is 6.07. The second-order valence-corrected chi connectivity index (χ2v) is 7.59. The zero-order chi connectivity index (χ0) is 17.4. The third kappa shape index (κ3) is 2.82. The molecule has 0 bridgehead atoms. The fraction of sp³-hybridized carbons (Fsp3) is 0.571. The van der Waals surface area contributed by atoms with Gasteiger partial charge in [-0.25, -0.2) is 4.79 Å². The van der Waals surface area contributed by atoms with E-state index >= 15 is 0 Å². The molecular formula is C21H27NO3. The number of aromatic carboxylic acids is 1. The zero-order valence-electron chi connectivity index (χ0n) is 15.0. The average molecular weight is 341 g/mol. The molecule has 0 atom stereocenters. The van der Waals surface area contributed by atoms with Gasteiger partial charge in [-0.05, 0) is 62.1 Å². The van der Waals surface area contributed by atoms with Gasteiger partial charge in [-0.2, -0.15) is 0 Å². The monoisotopic (exact) mass is 341 g/mol. The Morgan fingerprint density at radius 1 is 1.16 bits per heavy atom. The van der Waals surface area contributed by atoms with E-state index in [2.05, 4.69) is 4.57 Å². The van der Waals surface area contributed by atoms with Gasteiger partial charge < -0.3 is 14.4 Å². The van der Waals surface area contributed by atoms with E-state index in [4.69, 9.17) is 4.74 Å². The van der Waals surface area contributed by atoms with Crippen molar-refractivity contribution in [2.24, 2.45) is 5.92 Å². The Bertz CT molecular complexity index is 799. The first kappa shape index (κ1) is 16.5. The molecule has 1 heterocycles. The number of rotatable bonds is 4. The summed E-state index contributed by atoms with van der Waals surface area (Å²) < 4.78 is 8.08. The molecule has 0 amide bonds. The van der Waals surface area contributed by atoms with Gasteiger partial charge in [0, 0.05) is 17.6 Å². The predicted octanol–water partition coefficient (Wildman–Crippen LogP) is 4.81. The maximum absolute atomic E-state index is 11.8. The predicted molar refractivity (Wildman–Crippen MR) is 98.7 cm³/mol. The smallest absolute Gasteiger partial charge is 0.336 e. The topological polar surface area (TPSA) is 51.5 Å². The standard InChI is InChI=1S/C21H27NO3/c1-25-18-12-11-16(21(23)24)19-15-9-5-6-10-17(15)22(20(18)19)13-14-7-3-2-4-8-14/h11-12,14H,2-10,13H2,1H3,(H,23,24). The molecule has 1 aromatic heterocycles. The van der Waals surface area contributed by atoms with Crippen LogP contribution in [0.2, 0.25) is 0 Å². The van der Waals surface area contributed by atoms with E-state index in [-0.39, 0.29) is 0 Å². The van der Waals surface area contributed by atoms with Gasteiger partial charge in [-0.15, -0.1) is 0 Å². The lowest BCUT2D eigenvalue weighted by Crippen LogP contribution is -2.17. The minimum atomic E-state index is -0.837. The molecule has 1 saturated carbocycles. The quantitative estimate of drug-likeness (QED) is 0.868. The van der Waals surface area contributed by atoms with Gasteiger partial charge in [0.15, 0.2) is 0 Å². The average Bonchev–Trinajstić information content (AvgIpc) is 2.97. The van der Waals surface area contributed by atoms with Crippen molar-refractivity contribution >= 4 is 16.9 Å². The number of methoxy groups -OCH3 is 1. The van der Waals surface area contributed by atoms with Crippen LogP contribution < -0.4 is 4.74 Å². The number of ether oxygens (including phenoxy) is 1. The lowest BCUT2D eigenvalue weighted by atomic mass is 9.89. The van der Waals surface area contributed by atoms with Crippen LogP contribution in [0.15, 0.2) is 12.1 Å². The molecule has 4 rings (SSSR count). The summed E-state index contributed by atoms with van der Waals surface area (Å²) in [5.41, 5.74) is 4.06. The van der Waals surface area contributed by atoms with Gasteiger partial charge >= 0.3 is 5.97 Å². The van der Waals surface area contributed by atoms with Crippen LogP contribution in [0.5, 0.6) is 5.75 Å². The van der Waals surface area contributed by atoms with Crippen LogP contribution in [0.4, 0.5) is 0 Å². The number of carbonyl (C=O) groups is 1. The Balaban J connectivity index is 1.93. The third-order valence-corrected chi connectivity index (χ3v) is 6.09. The van der Waals surface area contributed by atoms with Crippen LogP contribution in [-0.4, -0.2) is 22.8 Å². The third-order valence-electron chi connectivity index (χ3n) is 6.09. The molecular weight excluding hydrogens is 314 g/mol. The van der Waals surface area contributed by atoms with Crippen molar-refractivity contribution < 1.29 is 14.6 Å². The van der Waals surface area contributed by atoms with Crippen molar-refractivity contribution in [2.45, 2.75) is 64.3 Å². The molecule has 0 radical (unpaired) electrons. The second kappa shape index (κ2) is 6.74. The molecule has 1 N–H and O–H groups in total.